The third kappa shape index (κ3) is 4.40. The minimum atomic E-state index is -0.830. The summed E-state index contributed by atoms with van der Waals surface area (Å²) in [7, 11) is 0. The molecule has 208 valence electrons. The standard InChI is InChI=1S/C36H34N6/c1-35(38-31-24-25-37-26-31,33-23-13-15-27-14-11-12-22-32(27)33)34-39-41-42(40-34)36(28-16-5-2-6-17-28,29-18-7-3-8-19-29)30-20-9-4-10-21-30/h2-23,31,37-38H,24-26H2,1H3/t31-,35+/m0/s1. The van der Waals surface area contributed by atoms with Gasteiger partial charge in [-0.3, -0.25) is 5.32 Å². The SMILES string of the molecule is C[C@](N[C@H]1CCNC1)(c1nnn(C(c2ccccc2)(c2ccccc2)c2ccccc2)n1)c1cccc2ccccc12. The summed E-state index contributed by atoms with van der Waals surface area (Å²) in [5.41, 5.74) is 2.80. The zero-order valence-electron chi connectivity index (χ0n) is 23.7. The summed E-state index contributed by atoms with van der Waals surface area (Å²) in [5.74, 6) is 0.637. The zero-order valence-corrected chi connectivity index (χ0v) is 23.7. The molecule has 1 aromatic heterocycles. The first-order valence-corrected chi connectivity index (χ1v) is 14.6. The minimum Gasteiger partial charge on any atom is -0.315 e. The molecule has 0 bridgehead atoms. The Morgan fingerprint density at radius 3 is 1.88 bits per heavy atom. The molecule has 0 radical (unpaired) electrons. The van der Waals surface area contributed by atoms with Crippen LogP contribution in [0.2, 0.25) is 0 Å². The fourth-order valence-corrected chi connectivity index (χ4v) is 6.55. The van der Waals surface area contributed by atoms with Crippen LogP contribution in [0.1, 0.15) is 41.4 Å². The fourth-order valence-electron chi connectivity index (χ4n) is 6.55. The summed E-state index contributed by atoms with van der Waals surface area (Å²) >= 11 is 0. The molecular formula is C36H34N6. The van der Waals surface area contributed by atoms with E-state index in [1.165, 1.54) is 10.8 Å². The van der Waals surface area contributed by atoms with Crippen molar-refractivity contribution in [1.82, 2.24) is 30.8 Å². The highest BCUT2D eigenvalue weighted by Crippen LogP contribution is 2.41. The van der Waals surface area contributed by atoms with Gasteiger partial charge in [-0.25, -0.2) is 0 Å². The highest BCUT2D eigenvalue weighted by atomic mass is 15.6. The Kier molecular flexibility index (Phi) is 6.86. The monoisotopic (exact) mass is 550 g/mol. The number of aromatic nitrogens is 4. The van der Waals surface area contributed by atoms with Crippen LogP contribution in [-0.2, 0) is 11.1 Å². The number of tetrazole rings is 1. The van der Waals surface area contributed by atoms with Gasteiger partial charge in [0.2, 0.25) is 0 Å². The van der Waals surface area contributed by atoms with E-state index in [1.807, 2.05) is 23.0 Å². The van der Waals surface area contributed by atoms with E-state index in [4.69, 9.17) is 15.4 Å². The summed E-state index contributed by atoms with van der Waals surface area (Å²) in [6.07, 6.45) is 1.04. The zero-order chi connectivity index (χ0) is 28.4. The molecule has 6 aromatic rings. The molecule has 0 amide bonds. The molecule has 5 aromatic carbocycles. The third-order valence-electron chi connectivity index (χ3n) is 8.62. The van der Waals surface area contributed by atoms with Gasteiger partial charge in [0.25, 0.3) is 0 Å². The molecule has 6 heteroatoms. The van der Waals surface area contributed by atoms with Gasteiger partial charge in [0, 0.05) is 12.6 Å². The van der Waals surface area contributed by atoms with Crippen LogP contribution in [0.5, 0.6) is 0 Å². The van der Waals surface area contributed by atoms with E-state index < -0.39 is 11.1 Å². The van der Waals surface area contributed by atoms with E-state index in [1.54, 1.807) is 0 Å². The maximum absolute atomic E-state index is 5.32. The van der Waals surface area contributed by atoms with Crippen molar-refractivity contribution in [3.05, 3.63) is 162 Å². The van der Waals surface area contributed by atoms with E-state index in [2.05, 4.69) is 133 Å². The summed E-state index contributed by atoms with van der Waals surface area (Å²) in [5, 5.41) is 24.9. The molecule has 2 heterocycles. The molecule has 2 atom stereocenters. The normalized spacial score (nSPS) is 16.8. The molecule has 0 unspecified atom stereocenters. The summed E-state index contributed by atoms with van der Waals surface area (Å²) < 4.78 is 0. The Hall–Kier alpha value is -4.65. The molecular weight excluding hydrogens is 516 g/mol. The van der Waals surface area contributed by atoms with Gasteiger partial charge in [-0.2, -0.15) is 0 Å². The van der Waals surface area contributed by atoms with Gasteiger partial charge in [-0.1, -0.05) is 133 Å². The van der Waals surface area contributed by atoms with Crippen LogP contribution in [0.15, 0.2) is 133 Å². The summed E-state index contributed by atoms with van der Waals surface area (Å²) in [4.78, 5) is 1.82. The van der Waals surface area contributed by atoms with Crippen molar-refractivity contribution < 1.29 is 0 Å². The van der Waals surface area contributed by atoms with Crippen LogP contribution in [0.4, 0.5) is 0 Å². The number of fused-ring (bicyclic) bond motifs is 1. The average molecular weight is 551 g/mol. The van der Waals surface area contributed by atoms with Crippen LogP contribution < -0.4 is 10.6 Å². The number of hydrogen-bond donors (Lipinski definition) is 2. The Morgan fingerprint density at radius 1 is 0.714 bits per heavy atom. The Bertz CT molecular complexity index is 1680. The molecule has 2 N–H and O–H groups in total. The van der Waals surface area contributed by atoms with Crippen molar-refractivity contribution in [2.75, 3.05) is 13.1 Å². The number of nitrogens with zero attached hydrogens (tertiary/aromatic N) is 4. The van der Waals surface area contributed by atoms with Crippen molar-refractivity contribution >= 4 is 10.8 Å². The van der Waals surface area contributed by atoms with Crippen LogP contribution in [0.3, 0.4) is 0 Å². The first kappa shape index (κ1) is 26.3. The van der Waals surface area contributed by atoms with Crippen LogP contribution >= 0.6 is 0 Å². The molecule has 42 heavy (non-hydrogen) atoms. The maximum Gasteiger partial charge on any atom is 0.199 e. The van der Waals surface area contributed by atoms with E-state index >= 15 is 0 Å². The Morgan fingerprint density at radius 2 is 1.29 bits per heavy atom. The van der Waals surface area contributed by atoms with E-state index in [0.29, 0.717) is 5.82 Å². The van der Waals surface area contributed by atoms with Crippen molar-refractivity contribution in [2.24, 2.45) is 0 Å². The van der Waals surface area contributed by atoms with Crippen molar-refractivity contribution in [3.8, 4) is 0 Å². The topological polar surface area (TPSA) is 67.7 Å². The molecule has 1 aliphatic rings. The lowest BCUT2D eigenvalue weighted by molar-refractivity contribution is 0.354. The highest BCUT2D eigenvalue weighted by Gasteiger charge is 2.44. The van der Waals surface area contributed by atoms with Crippen LogP contribution in [-0.4, -0.2) is 39.3 Å². The summed E-state index contributed by atoms with van der Waals surface area (Å²) in [6, 6.07) is 46.7. The predicted molar refractivity (Wildman–Crippen MR) is 167 cm³/mol. The third-order valence-corrected chi connectivity index (χ3v) is 8.62. The average Bonchev–Trinajstić information content (AvgIpc) is 3.76. The molecule has 1 fully saturated rings. The fraction of sp³-hybridized carbons (Fsp3) is 0.194. The molecule has 1 aliphatic heterocycles. The molecule has 0 aliphatic carbocycles. The summed E-state index contributed by atoms with van der Waals surface area (Å²) in [6.45, 7) is 4.09. The quantitative estimate of drug-likeness (QED) is 0.232. The largest absolute Gasteiger partial charge is 0.315 e. The van der Waals surface area contributed by atoms with Gasteiger partial charge in [0.05, 0.1) is 0 Å². The number of nitrogens with one attached hydrogen (secondary N) is 2. The van der Waals surface area contributed by atoms with E-state index in [0.717, 1.165) is 41.8 Å². The smallest absolute Gasteiger partial charge is 0.199 e. The minimum absolute atomic E-state index is 0.281. The Balaban J connectivity index is 1.47. The lowest BCUT2D eigenvalue weighted by Gasteiger charge is -2.35. The second kappa shape index (κ2) is 11.0. The lowest BCUT2D eigenvalue weighted by atomic mass is 9.77. The molecule has 7 rings (SSSR count). The lowest BCUT2D eigenvalue weighted by Crippen LogP contribution is -2.48. The van der Waals surface area contributed by atoms with Gasteiger partial charge in [0.15, 0.2) is 11.4 Å². The van der Waals surface area contributed by atoms with Crippen LogP contribution in [0, 0.1) is 0 Å². The molecule has 1 saturated heterocycles. The number of hydrogen-bond acceptors (Lipinski definition) is 5. The van der Waals surface area contributed by atoms with Gasteiger partial charge < -0.3 is 5.32 Å². The van der Waals surface area contributed by atoms with E-state index in [9.17, 15) is 0 Å². The molecule has 0 saturated carbocycles. The number of benzene rings is 5. The highest BCUT2D eigenvalue weighted by molar-refractivity contribution is 5.87. The van der Waals surface area contributed by atoms with Crippen molar-refractivity contribution in [2.45, 2.75) is 30.5 Å². The number of rotatable bonds is 8. The molecule has 0 spiro atoms. The predicted octanol–water partition coefficient (Wildman–Crippen LogP) is 5.88. The van der Waals surface area contributed by atoms with E-state index in [-0.39, 0.29) is 6.04 Å². The second-order valence-corrected chi connectivity index (χ2v) is 11.2. The van der Waals surface area contributed by atoms with Gasteiger partial charge in [0.1, 0.15) is 5.54 Å². The van der Waals surface area contributed by atoms with Crippen molar-refractivity contribution in [1.29, 1.82) is 0 Å². The first-order chi connectivity index (χ1) is 20.7. The molecule has 6 nitrogen and oxygen atoms in total. The van der Waals surface area contributed by atoms with Gasteiger partial charge in [-0.15, -0.1) is 15.0 Å². The maximum atomic E-state index is 5.32. The van der Waals surface area contributed by atoms with Gasteiger partial charge in [-0.05, 0) is 58.1 Å². The van der Waals surface area contributed by atoms with Crippen LogP contribution in [0.25, 0.3) is 10.8 Å². The second-order valence-electron chi connectivity index (χ2n) is 11.2. The van der Waals surface area contributed by atoms with Gasteiger partial charge >= 0.3 is 0 Å². The Labute approximate surface area is 246 Å². The van der Waals surface area contributed by atoms with Crippen molar-refractivity contribution in [3.63, 3.8) is 0 Å². The first-order valence-electron chi connectivity index (χ1n) is 14.6.